The van der Waals surface area contributed by atoms with Gasteiger partial charge in [0.25, 0.3) is 0 Å². The number of benzene rings is 1. The van der Waals surface area contributed by atoms with Crippen molar-refractivity contribution in [1.82, 2.24) is 5.32 Å². The van der Waals surface area contributed by atoms with E-state index in [0.29, 0.717) is 12.2 Å². The standard InChI is InChI=1S/C18H28N2O3/c1-2-3-4-5-6-7-8-9-14-19-17(22)18(23)20-15-10-12-16(21)13-11-15/h10-13,21H,2-9,14H2,1H3,(H,19,22)(H,20,23). The molecule has 0 fully saturated rings. The molecule has 23 heavy (non-hydrogen) atoms. The molecule has 0 aliphatic heterocycles. The van der Waals surface area contributed by atoms with Gasteiger partial charge in [-0.25, -0.2) is 0 Å². The fourth-order valence-corrected chi connectivity index (χ4v) is 2.27. The molecule has 3 N–H and O–H groups in total. The van der Waals surface area contributed by atoms with Crippen LogP contribution in [-0.4, -0.2) is 23.5 Å². The number of carbonyl (C=O) groups excluding carboxylic acids is 2. The minimum atomic E-state index is -0.685. The summed E-state index contributed by atoms with van der Waals surface area (Å²) < 4.78 is 0. The van der Waals surface area contributed by atoms with Crippen LogP contribution in [0.15, 0.2) is 24.3 Å². The number of phenolic OH excluding ortho intramolecular Hbond substituents is 1. The fourth-order valence-electron chi connectivity index (χ4n) is 2.27. The lowest BCUT2D eigenvalue weighted by atomic mass is 10.1. The first-order valence-electron chi connectivity index (χ1n) is 8.51. The van der Waals surface area contributed by atoms with E-state index in [1.165, 1.54) is 50.7 Å². The third-order valence-corrected chi connectivity index (χ3v) is 3.65. The van der Waals surface area contributed by atoms with Gasteiger partial charge in [0.1, 0.15) is 5.75 Å². The average Bonchev–Trinajstić information content (AvgIpc) is 2.55. The van der Waals surface area contributed by atoms with Crippen molar-refractivity contribution in [2.75, 3.05) is 11.9 Å². The maximum Gasteiger partial charge on any atom is 0.313 e. The summed E-state index contributed by atoms with van der Waals surface area (Å²) in [5, 5.41) is 14.3. The van der Waals surface area contributed by atoms with Gasteiger partial charge in [-0.1, -0.05) is 51.9 Å². The van der Waals surface area contributed by atoms with E-state index in [9.17, 15) is 9.59 Å². The van der Waals surface area contributed by atoms with E-state index in [4.69, 9.17) is 5.11 Å². The number of rotatable bonds is 10. The zero-order valence-corrected chi connectivity index (χ0v) is 13.9. The van der Waals surface area contributed by atoms with Crippen LogP contribution < -0.4 is 10.6 Å². The van der Waals surface area contributed by atoms with Gasteiger partial charge in [0.15, 0.2) is 0 Å². The highest BCUT2D eigenvalue weighted by Crippen LogP contribution is 2.13. The first-order chi connectivity index (χ1) is 11.1. The molecule has 0 aromatic heterocycles. The van der Waals surface area contributed by atoms with Gasteiger partial charge in [-0.2, -0.15) is 0 Å². The van der Waals surface area contributed by atoms with Gasteiger partial charge in [0.05, 0.1) is 0 Å². The zero-order chi connectivity index (χ0) is 16.9. The normalized spacial score (nSPS) is 10.3. The fraction of sp³-hybridized carbons (Fsp3) is 0.556. The van der Waals surface area contributed by atoms with Crippen LogP contribution >= 0.6 is 0 Å². The van der Waals surface area contributed by atoms with Crippen LogP contribution in [-0.2, 0) is 9.59 Å². The van der Waals surface area contributed by atoms with E-state index in [-0.39, 0.29) is 5.75 Å². The Bertz CT molecular complexity index is 472. The predicted molar refractivity (Wildman–Crippen MR) is 92.4 cm³/mol. The van der Waals surface area contributed by atoms with Crippen molar-refractivity contribution in [3.8, 4) is 5.75 Å². The maximum absolute atomic E-state index is 11.7. The first kappa shape index (κ1) is 19.0. The summed E-state index contributed by atoms with van der Waals surface area (Å²) in [6.45, 7) is 2.73. The highest BCUT2D eigenvalue weighted by atomic mass is 16.3. The highest BCUT2D eigenvalue weighted by molar-refractivity contribution is 6.39. The smallest absolute Gasteiger partial charge is 0.313 e. The summed E-state index contributed by atoms with van der Waals surface area (Å²) >= 11 is 0. The number of phenols is 1. The molecule has 0 aliphatic rings. The molecule has 5 heteroatoms. The highest BCUT2D eigenvalue weighted by Gasteiger charge is 2.12. The SMILES string of the molecule is CCCCCCCCCCNC(=O)C(=O)Nc1ccc(O)cc1. The Balaban J connectivity index is 2.07. The molecule has 0 radical (unpaired) electrons. The summed E-state index contributed by atoms with van der Waals surface area (Å²) in [5.41, 5.74) is 0.482. The van der Waals surface area contributed by atoms with Crippen molar-refractivity contribution in [2.45, 2.75) is 58.3 Å². The van der Waals surface area contributed by atoms with Gasteiger partial charge in [-0.15, -0.1) is 0 Å². The van der Waals surface area contributed by atoms with Gasteiger partial charge in [-0.3, -0.25) is 9.59 Å². The van der Waals surface area contributed by atoms with Crippen molar-refractivity contribution in [1.29, 1.82) is 0 Å². The molecule has 2 amide bonds. The number of amides is 2. The molecule has 0 saturated heterocycles. The van der Waals surface area contributed by atoms with Crippen molar-refractivity contribution < 1.29 is 14.7 Å². The molecule has 0 aliphatic carbocycles. The Kier molecular flexibility index (Phi) is 9.52. The van der Waals surface area contributed by atoms with Crippen LogP contribution in [0.1, 0.15) is 58.3 Å². The molecule has 0 spiro atoms. The van der Waals surface area contributed by atoms with Gasteiger partial charge in [0.2, 0.25) is 0 Å². The van der Waals surface area contributed by atoms with Gasteiger partial charge >= 0.3 is 11.8 Å². The topological polar surface area (TPSA) is 78.4 Å². The zero-order valence-electron chi connectivity index (χ0n) is 13.9. The second kappa shape index (κ2) is 11.5. The van der Waals surface area contributed by atoms with E-state index in [2.05, 4.69) is 17.6 Å². The second-order valence-electron chi connectivity index (χ2n) is 5.73. The molecule has 1 aromatic carbocycles. The molecule has 0 saturated carbocycles. The van der Waals surface area contributed by atoms with Crippen LogP contribution in [0.4, 0.5) is 5.69 Å². The van der Waals surface area contributed by atoms with Crippen molar-refractivity contribution in [3.63, 3.8) is 0 Å². The van der Waals surface area contributed by atoms with Crippen LogP contribution in [0.25, 0.3) is 0 Å². The van der Waals surface area contributed by atoms with Crippen LogP contribution in [0.3, 0.4) is 0 Å². The lowest BCUT2D eigenvalue weighted by Crippen LogP contribution is -2.35. The van der Waals surface area contributed by atoms with E-state index >= 15 is 0 Å². The molecule has 1 rings (SSSR count). The Labute approximate surface area is 138 Å². The minimum Gasteiger partial charge on any atom is -0.508 e. The lowest BCUT2D eigenvalue weighted by Gasteiger charge is -2.06. The molecule has 0 atom stereocenters. The quantitative estimate of drug-likeness (QED) is 0.350. The Morgan fingerprint density at radius 2 is 1.43 bits per heavy atom. The molecule has 0 unspecified atom stereocenters. The third-order valence-electron chi connectivity index (χ3n) is 3.65. The van der Waals surface area contributed by atoms with Gasteiger partial charge in [0, 0.05) is 12.2 Å². The summed E-state index contributed by atoms with van der Waals surface area (Å²) in [6, 6.07) is 5.99. The van der Waals surface area contributed by atoms with Crippen molar-refractivity contribution in [2.24, 2.45) is 0 Å². The number of unbranched alkanes of at least 4 members (excludes halogenated alkanes) is 7. The molecular weight excluding hydrogens is 292 g/mol. The van der Waals surface area contributed by atoms with E-state index < -0.39 is 11.8 Å². The molecule has 0 heterocycles. The summed E-state index contributed by atoms with van der Waals surface area (Å²) in [5.74, 6) is -1.20. The monoisotopic (exact) mass is 320 g/mol. The second-order valence-corrected chi connectivity index (χ2v) is 5.73. The number of aromatic hydroxyl groups is 1. The van der Waals surface area contributed by atoms with Gasteiger partial charge < -0.3 is 15.7 Å². The first-order valence-corrected chi connectivity index (χ1v) is 8.51. The lowest BCUT2D eigenvalue weighted by molar-refractivity contribution is -0.136. The number of hydrogen-bond acceptors (Lipinski definition) is 3. The number of hydrogen-bond donors (Lipinski definition) is 3. The van der Waals surface area contributed by atoms with Crippen LogP contribution in [0.5, 0.6) is 5.75 Å². The van der Waals surface area contributed by atoms with Crippen molar-refractivity contribution in [3.05, 3.63) is 24.3 Å². The Hall–Kier alpha value is -2.04. The summed E-state index contributed by atoms with van der Waals surface area (Å²) in [4.78, 5) is 23.3. The van der Waals surface area contributed by atoms with Crippen molar-refractivity contribution >= 4 is 17.5 Å². The van der Waals surface area contributed by atoms with Crippen LogP contribution in [0, 0.1) is 0 Å². The molecule has 5 nitrogen and oxygen atoms in total. The minimum absolute atomic E-state index is 0.113. The summed E-state index contributed by atoms with van der Waals surface area (Å²) in [6.07, 6.45) is 9.57. The molecular formula is C18H28N2O3. The Morgan fingerprint density at radius 3 is 2.04 bits per heavy atom. The summed E-state index contributed by atoms with van der Waals surface area (Å²) in [7, 11) is 0. The number of carbonyl (C=O) groups is 2. The van der Waals surface area contributed by atoms with Gasteiger partial charge in [-0.05, 0) is 30.7 Å². The Morgan fingerprint density at radius 1 is 0.870 bits per heavy atom. The number of anilines is 1. The molecule has 128 valence electrons. The number of nitrogens with one attached hydrogen (secondary N) is 2. The molecule has 1 aromatic rings. The third kappa shape index (κ3) is 8.86. The average molecular weight is 320 g/mol. The van der Waals surface area contributed by atoms with Crippen LogP contribution in [0.2, 0.25) is 0 Å². The molecule has 0 bridgehead atoms. The largest absolute Gasteiger partial charge is 0.508 e. The van der Waals surface area contributed by atoms with E-state index in [1.807, 2.05) is 0 Å². The van der Waals surface area contributed by atoms with E-state index in [1.54, 1.807) is 12.1 Å². The maximum atomic E-state index is 11.7. The van der Waals surface area contributed by atoms with E-state index in [0.717, 1.165) is 12.8 Å². The predicted octanol–water partition coefficient (Wildman–Crippen LogP) is 3.59.